The number of hydrogen-bond donors (Lipinski definition) is 1. The second kappa shape index (κ2) is 6.04. The van der Waals surface area contributed by atoms with E-state index in [4.69, 9.17) is 4.74 Å². The molecule has 0 atom stereocenters. The van der Waals surface area contributed by atoms with Gasteiger partial charge in [0.1, 0.15) is 5.75 Å². The molecule has 5 heteroatoms. The first-order valence-electron chi connectivity index (χ1n) is 6.11. The zero-order valence-corrected chi connectivity index (χ0v) is 11.1. The molecule has 0 saturated heterocycles. The van der Waals surface area contributed by atoms with Crippen molar-refractivity contribution in [3.05, 3.63) is 42.2 Å². The number of benzene rings is 1. The summed E-state index contributed by atoms with van der Waals surface area (Å²) >= 11 is 0. The van der Waals surface area contributed by atoms with Crippen molar-refractivity contribution in [2.75, 3.05) is 12.4 Å². The fourth-order valence-corrected chi connectivity index (χ4v) is 1.73. The molecule has 19 heavy (non-hydrogen) atoms. The average Bonchev–Trinajstić information content (AvgIpc) is 2.82. The van der Waals surface area contributed by atoms with Gasteiger partial charge in [0.25, 0.3) is 0 Å². The van der Waals surface area contributed by atoms with E-state index in [1.54, 1.807) is 17.9 Å². The van der Waals surface area contributed by atoms with Crippen molar-refractivity contribution in [1.82, 2.24) is 9.78 Å². The first-order chi connectivity index (χ1) is 9.17. The Morgan fingerprint density at radius 3 is 2.95 bits per heavy atom. The van der Waals surface area contributed by atoms with Crippen LogP contribution in [0.3, 0.4) is 0 Å². The molecule has 0 aliphatic heterocycles. The maximum Gasteiger partial charge on any atom is 0.226 e. The highest BCUT2D eigenvalue weighted by molar-refractivity contribution is 5.90. The number of aryl methyl sites for hydroxylation is 2. The Bertz CT molecular complexity index is 563. The number of aromatic nitrogens is 2. The Labute approximate surface area is 112 Å². The van der Waals surface area contributed by atoms with Crippen LogP contribution in [0.4, 0.5) is 5.69 Å². The molecule has 0 aliphatic carbocycles. The van der Waals surface area contributed by atoms with Gasteiger partial charge < -0.3 is 10.1 Å². The maximum absolute atomic E-state index is 11.8. The van der Waals surface area contributed by atoms with Crippen LogP contribution in [0, 0.1) is 6.92 Å². The molecule has 0 unspecified atom stereocenters. The molecule has 0 saturated carbocycles. The minimum absolute atomic E-state index is 0.0404. The number of carbonyl (C=O) groups excluding carboxylic acids is 1. The third-order valence-corrected chi connectivity index (χ3v) is 2.70. The van der Waals surface area contributed by atoms with Crippen LogP contribution in [0.5, 0.6) is 5.75 Å². The minimum atomic E-state index is -0.0404. The molecule has 1 aromatic heterocycles. The van der Waals surface area contributed by atoms with Gasteiger partial charge in [0, 0.05) is 30.9 Å². The van der Waals surface area contributed by atoms with Crippen molar-refractivity contribution in [2.45, 2.75) is 19.9 Å². The summed E-state index contributed by atoms with van der Waals surface area (Å²) < 4.78 is 6.87. The molecule has 2 aromatic rings. The number of nitrogens with one attached hydrogen (secondary N) is 1. The number of carbonyl (C=O) groups is 1. The fraction of sp³-hybridized carbons (Fsp3) is 0.286. The van der Waals surface area contributed by atoms with E-state index in [2.05, 4.69) is 10.4 Å². The van der Waals surface area contributed by atoms with E-state index < -0.39 is 0 Å². The first-order valence-corrected chi connectivity index (χ1v) is 6.11. The quantitative estimate of drug-likeness (QED) is 0.895. The Kier molecular flexibility index (Phi) is 4.18. The van der Waals surface area contributed by atoms with E-state index in [-0.39, 0.29) is 5.91 Å². The molecule has 1 amide bonds. The van der Waals surface area contributed by atoms with Crippen molar-refractivity contribution in [3.63, 3.8) is 0 Å². The topological polar surface area (TPSA) is 56.1 Å². The molecule has 0 radical (unpaired) electrons. The Balaban J connectivity index is 1.86. The molecule has 5 nitrogen and oxygen atoms in total. The number of methoxy groups -OCH3 is 1. The van der Waals surface area contributed by atoms with E-state index in [9.17, 15) is 4.79 Å². The molecule has 0 bridgehead atoms. The van der Waals surface area contributed by atoms with Crippen LogP contribution in [0.15, 0.2) is 36.5 Å². The van der Waals surface area contributed by atoms with E-state index in [0.717, 1.165) is 17.1 Å². The number of ether oxygens (including phenoxy) is 1. The van der Waals surface area contributed by atoms with Gasteiger partial charge in [0.05, 0.1) is 12.8 Å². The van der Waals surface area contributed by atoms with Gasteiger partial charge in [-0.25, -0.2) is 0 Å². The molecule has 100 valence electrons. The molecular formula is C14H17N3O2. The van der Waals surface area contributed by atoms with Crippen LogP contribution < -0.4 is 10.1 Å². The summed E-state index contributed by atoms with van der Waals surface area (Å²) in [7, 11) is 1.60. The lowest BCUT2D eigenvalue weighted by Crippen LogP contribution is -2.14. The highest BCUT2D eigenvalue weighted by Gasteiger charge is 2.04. The third kappa shape index (κ3) is 3.84. The smallest absolute Gasteiger partial charge is 0.226 e. The van der Waals surface area contributed by atoms with Crippen molar-refractivity contribution < 1.29 is 9.53 Å². The lowest BCUT2D eigenvalue weighted by molar-refractivity contribution is -0.116. The van der Waals surface area contributed by atoms with Crippen molar-refractivity contribution >= 4 is 11.6 Å². The van der Waals surface area contributed by atoms with Gasteiger partial charge in [-0.3, -0.25) is 9.48 Å². The predicted molar refractivity (Wildman–Crippen MR) is 73.2 cm³/mol. The summed E-state index contributed by atoms with van der Waals surface area (Å²) in [5, 5.41) is 7.07. The second-order valence-corrected chi connectivity index (χ2v) is 4.25. The summed E-state index contributed by atoms with van der Waals surface area (Å²) in [4.78, 5) is 11.8. The van der Waals surface area contributed by atoms with Gasteiger partial charge in [-0.05, 0) is 25.1 Å². The van der Waals surface area contributed by atoms with Crippen molar-refractivity contribution in [3.8, 4) is 5.75 Å². The standard InChI is InChI=1S/C14H17N3O2/c1-11-6-8-17(16-11)9-7-14(18)15-12-4-3-5-13(10-12)19-2/h3-6,8,10H,7,9H2,1-2H3,(H,15,18). The van der Waals surface area contributed by atoms with Crippen LogP contribution in [-0.4, -0.2) is 22.8 Å². The lowest BCUT2D eigenvalue weighted by atomic mass is 10.3. The van der Waals surface area contributed by atoms with Crippen LogP contribution in [0.25, 0.3) is 0 Å². The largest absolute Gasteiger partial charge is 0.497 e. The zero-order chi connectivity index (χ0) is 13.7. The monoisotopic (exact) mass is 259 g/mol. The number of rotatable bonds is 5. The summed E-state index contributed by atoms with van der Waals surface area (Å²) in [5.74, 6) is 0.682. The summed E-state index contributed by atoms with van der Waals surface area (Å²) in [6.07, 6.45) is 2.26. The van der Waals surface area contributed by atoms with Gasteiger partial charge >= 0.3 is 0 Å². The van der Waals surface area contributed by atoms with Crippen LogP contribution in [0.1, 0.15) is 12.1 Å². The average molecular weight is 259 g/mol. The fourth-order valence-electron chi connectivity index (χ4n) is 1.73. The highest BCUT2D eigenvalue weighted by atomic mass is 16.5. The van der Waals surface area contributed by atoms with Gasteiger partial charge in [-0.1, -0.05) is 6.07 Å². The van der Waals surface area contributed by atoms with Crippen LogP contribution in [-0.2, 0) is 11.3 Å². The summed E-state index contributed by atoms with van der Waals surface area (Å²) in [5.41, 5.74) is 1.69. The third-order valence-electron chi connectivity index (χ3n) is 2.70. The normalized spacial score (nSPS) is 10.2. The van der Waals surface area contributed by atoms with Crippen molar-refractivity contribution in [1.29, 1.82) is 0 Å². The van der Waals surface area contributed by atoms with E-state index >= 15 is 0 Å². The Morgan fingerprint density at radius 2 is 2.26 bits per heavy atom. The molecule has 1 aromatic carbocycles. The van der Waals surface area contributed by atoms with E-state index in [1.165, 1.54) is 0 Å². The van der Waals surface area contributed by atoms with Crippen molar-refractivity contribution in [2.24, 2.45) is 0 Å². The summed E-state index contributed by atoms with van der Waals surface area (Å²) in [6, 6.07) is 9.21. The maximum atomic E-state index is 11.8. The predicted octanol–water partition coefficient (Wildman–Crippen LogP) is 2.23. The molecule has 1 N–H and O–H groups in total. The molecular weight excluding hydrogens is 242 g/mol. The first kappa shape index (κ1) is 13.1. The zero-order valence-electron chi connectivity index (χ0n) is 11.1. The summed E-state index contributed by atoms with van der Waals surface area (Å²) in [6.45, 7) is 2.50. The van der Waals surface area contributed by atoms with Gasteiger partial charge in [0.15, 0.2) is 0 Å². The second-order valence-electron chi connectivity index (χ2n) is 4.25. The van der Waals surface area contributed by atoms with Gasteiger partial charge in [0.2, 0.25) is 5.91 Å². The molecule has 1 heterocycles. The number of hydrogen-bond acceptors (Lipinski definition) is 3. The SMILES string of the molecule is COc1cccc(NC(=O)CCn2ccc(C)n2)c1. The molecule has 0 fully saturated rings. The number of amides is 1. The molecule has 0 spiro atoms. The molecule has 2 rings (SSSR count). The lowest BCUT2D eigenvalue weighted by Gasteiger charge is -2.07. The van der Waals surface area contributed by atoms with E-state index in [0.29, 0.717) is 13.0 Å². The minimum Gasteiger partial charge on any atom is -0.497 e. The van der Waals surface area contributed by atoms with Crippen LogP contribution in [0.2, 0.25) is 0 Å². The number of nitrogens with zero attached hydrogens (tertiary/aromatic N) is 2. The highest BCUT2D eigenvalue weighted by Crippen LogP contribution is 2.16. The molecule has 0 aliphatic rings. The van der Waals surface area contributed by atoms with E-state index in [1.807, 2.05) is 37.4 Å². The Hall–Kier alpha value is -2.30. The van der Waals surface area contributed by atoms with Crippen LogP contribution >= 0.6 is 0 Å². The number of anilines is 1. The van der Waals surface area contributed by atoms with Gasteiger partial charge in [-0.2, -0.15) is 5.10 Å². The van der Waals surface area contributed by atoms with Gasteiger partial charge in [-0.15, -0.1) is 0 Å². The Morgan fingerprint density at radius 1 is 1.42 bits per heavy atom.